The fourth-order valence-corrected chi connectivity index (χ4v) is 5.57. The lowest BCUT2D eigenvalue weighted by Crippen LogP contribution is -2.45. The van der Waals surface area contributed by atoms with Gasteiger partial charge in [-0.15, -0.1) is 0 Å². The summed E-state index contributed by atoms with van der Waals surface area (Å²) in [4.78, 5) is 22.9. The predicted molar refractivity (Wildman–Crippen MR) is 194 cm³/mol. The van der Waals surface area contributed by atoms with E-state index in [9.17, 15) is 19.4 Å². The summed E-state index contributed by atoms with van der Waals surface area (Å²) in [7, 11) is 1.55. The van der Waals surface area contributed by atoms with Crippen molar-refractivity contribution in [3.8, 4) is 0 Å². The van der Waals surface area contributed by atoms with Crippen LogP contribution in [0.4, 0.5) is 0 Å². The second kappa shape index (κ2) is 29.8. The van der Waals surface area contributed by atoms with E-state index < -0.39 is 20.0 Å². The summed E-state index contributed by atoms with van der Waals surface area (Å²) in [6, 6.07) is -0.849. The number of unbranched alkanes of at least 4 members (excludes halogenated alkanes) is 15. The molecule has 3 atom stereocenters. The van der Waals surface area contributed by atoms with Crippen molar-refractivity contribution in [3.63, 3.8) is 0 Å². The third-order valence-corrected chi connectivity index (χ3v) is 8.84. The van der Waals surface area contributed by atoms with Crippen LogP contribution in [-0.2, 0) is 18.4 Å². The molecule has 0 rings (SSSR count). The van der Waals surface area contributed by atoms with E-state index in [0.717, 1.165) is 64.2 Å². The largest absolute Gasteiger partial charge is 0.472 e. The van der Waals surface area contributed by atoms with Gasteiger partial charge in [-0.3, -0.25) is 13.8 Å². The van der Waals surface area contributed by atoms with Gasteiger partial charge >= 0.3 is 7.82 Å². The highest BCUT2D eigenvalue weighted by molar-refractivity contribution is 7.47. The Morgan fingerprint density at radius 3 is 1.80 bits per heavy atom. The fraction of sp³-hybridized carbons (Fsp3) is 0.811. The molecule has 0 bridgehead atoms. The molecule has 270 valence electrons. The number of phosphoric acid groups is 1. The number of aliphatic hydroxyl groups is 1. The zero-order chi connectivity index (χ0) is 34.4. The van der Waals surface area contributed by atoms with E-state index in [4.69, 9.17) is 9.05 Å². The van der Waals surface area contributed by atoms with Gasteiger partial charge in [0.1, 0.15) is 13.2 Å². The van der Waals surface area contributed by atoms with Crippen LogP contribution >= 0.6 is 7.82 Å². The van der Waals surface area contributed by atoms with Crippen molar-refractivity contribution in [2.75, 3.05) is 40.9 Å². The zero-order valence-electron chi connectivity index (χ0n) is 30.3. The molecule has 9 heteroatoms. The molecule has 0 aliphatic heterocycles. The number of nitrogens with zero attached hydrogens (tertiary/aromatic N) is 1. The molecular weight excluding hydrogens is 599 g/mol. The summed E-state index contributed by atoms with van der Waals surface area (Å²) in [6.07, 6.45) is 33.6. The van der Waals surface area contributed by atoms with Crippen LogP contribution in [0.25, 0.3) is 0 Å². The number of aliphatic hydroxyl groups excluding tert-OH is 1. The summed E-state index contributed by atoms with van der Waals surface area (Å²) in [6.45, 7) is 4.71. The van der Waals surface area contributed by atoms with Crippen LogP contribution in [0.2, 0.25) is 0 Å². The van der Waals surface area contributed by atoms with Crippen LogP contribution < -0.4 is 5.32 Å². The maximum Gasteiger partial charge on any atom is 0.472 e. The number of hydrogen-bond donors (Lipinski definition) is 3. The molecule has 0 fully saturated rings. The Balaban J connectivity index is 4.50. The summed E-state index contributed by atoms with van der Waals surface area (Å²) in [5.41, 5.74) is 0. The number of quaternary nitrogens is 1. The smallest absolute Gasteiger partial charge is 0.387 e. The molecule has 0 saturated heterocycles. The molecular formula is C37H72N2O6P+. The molecule has 0 radical (unpaired) electrons. The first-order valence-electron chi connectivity index (χ1n) is 18.4. The minimum atomic E-state index is -4.33. The normalized spacial score (nSPS) is 15.2. The van der Waals surface area contributed by atoms with Crippen molar-refractivity contribution >= 4 is 13.7 Å². The van der Waals surface area contributed by atoms with E-state index in [2.05, 4.69) is 43.5 Å². The maximum atomic E-state index is 12.7. The minimum Gasteiger partial charge on any atom is -0.387 e. The van der Waals surface area contributed by atoms with E-state index in [1.54, 1.807) is 6.08 Å². The quantitative estimate of drug-likeness (QED) is 0.0285. The standard InChI is InChI=1S/C37H71N2O6P/c1-6-8-10-12-14-16-17-18-19-20-21-22-23-25-27-29-31-37(41)38-35(34-45-46(42,43)44-33-32-39(3,4)5)36(40)30-28-26-24-15-13-11-9-7-2/h16-17,19-20,28,30,35-36,40H,6-15,18,21-27,29,31-34H2,1-5H3,(H-,38,41,42,43)/p+1/b17-16-,20-19-,30-28+. The van der Waals surface area contributed by atoms with E-state index in [1.807, 2.05) is 27.2 Å². The van der Waals surface area contributed by atoms with E-state index in [1.165, 1.54) is 57.8 Å². The summed E-state index contributed by atoms with van der Waals surface area (Å²) < 4.78 is 23.3. The Bertz CT molecular complexity index is 855. The summed E-state index contributed by atoms with van der Waals surface area (Å²) in [5.74, 6) is -0.197. The SMILES string of the molecule is CCCCCC/C=C\C/C=C\CCCCCCCC(=O)NC(COP(=O)(O)OCC[N+](C)(C)C)C(O)/C=C/CCCCCCCC. The van der Waals surface area contributed by atoms with Gasteiger partial charge in [-0.1, -0.05) is 121 Å². The number of amides is 1. The number of carbonyl (C=O) groups is 1. The Morgan fingerprint density at radius 1 is 0.739 bits per heavy atom. The van der Waals surface area contributed by atoms with Crippen molar-refractivity contribution in [2.24, 2.45) is 0 Å². The number of likely N-dealkylation sites (N-methyl/N-ethyl adjacent to an activating group) is 1. The number of nitrogens with one attached hydrogen (secondary N) is 1. The van der Waals surface area contributed by atoms with Crippen LogP contribution in [0.15, 0.2) is 36.5 Å². The Labute approximate surface area is 283 Å². The highest BCUT2D eigenvalue weighted by atomic mass is 31.2. The van der Waals surface area contributed by atoms with Crippen LogP contribution in [0.3, 0.4) is 0 Å². The predicted octanol–water partition coefficient (Wildman–Crippen LogP) is 9.18. The van der Waals surface area contributed by atoms with Gasteiger partial charge in [-0.05, 0) is 51.4 Å². The van der Waals surface area contributed by atoms with Gasteiger partial charge < -0.3 is 19.8 Å². The monoisotopic (exact) mass is 672 g/mol. The Morgan fingerprint density at radius 2 is 1.24 bits per heavy atom. The third-order valence-electron chi connectivity index (χ3n) is 7.85. The first-order valence-corrected chi connectivity index (χ1v) is 19.9. The molecule has 0 aromatic heterocycles. The third kappa shape index (κ3) is 31.3. The number of phosphoric ester groups is 1. The lowest BCUT2D eigenvalue weighted by Gasteiger charge is -2.25. The van der Waals surface area contributed by atoms with Crippen molar-refractivity contribution in [2.45, 2.75) is 154 Å². The van der Waals surface area contributed by atoms with Gasteiger partial charge in [0, 0.05) is 6.42 Å². The maximum absolute atomic E-state index is 12.7. The van der Waals surface area contributed by atoms with Gasteiger partial charge in [-0.2, -0.15) is 0 Å². The molecule has 3 unspecified atom stereocenters. The first-order chi connectivity index (χ1) is 22.0. The van der Waals surface area contributed by atoms with Crippen molar-refractivity contribution in [1.82, 2.24) is 5.32 Å². The van der Waals surface area contributed by atoms with E-state index in [-0.39, 0.29) is 19.1 Å². The van der Waals surface area contributed by atoms with Gasteiger partial charge in [0.05, 0.1) is 39.9 Å². The van der Waals surface area contributed by atoms with Crippen molar-refractivity contribution in [3.05, 3.63) is 36.5 Å². The second-order valence-electron chi connectivity index (χ2n) is 13.6. The minimum absolute atomic E-state index is 0.0574. The molecule has 3 N–H and O–H groups in total. The van der Waals surface area contributed by atoms with Gasteiger partial charge in [0.15, 0.2) is 0 Å². The van der Waals surface area contributed by atoms with Gasteiger partial charge in [0.2, 0.25) is 5.91 Å². The van der Waals surface area contributed by atoms with E-state index in [0.29, 0.717) is 17.4 Å². The molecule has 46 heavy (non-hydrogen) atoms. The van der Waals surface area contributed by atoms with Crippen LogP contribution in [0, 0.1) is 0 Å². The highest BCUT2D eigenvalue weighted by Crippen LogP contribution is 2.43. The first kappa shape index (κ1) is 44.7. The average molecular weight is 672 g/mol. The zero-order valence-corrected chi connectivity index (χ0v) is 31.2. The molecule has 8 nitrogen and oxygen atoms in total. The number of hydrogen-bond acceptors (Lipinski definition) is 5. The Kier molecular flexibility index (Phi) is 29.0. The second-order valence-corrected chi connectivity index (χ2v) is 15.0. The fourth-order valence-electron chi connectivity index (χ4n) is 4.83. The molecule has 0 saturated carbocycles. The van der Waals surface area contributed by atoms with Crippen LogP contribution in [0.1, 0.15) is 142 Å². The van der Waals surface area contributed by atoms with Crippen LogP contribution in [-0.4, -0.2) is 73.4 Å². The number of rotatable bonds is 32. The molecule has 0 heterocycles. The Hall–Kier alpha value is -1.28. The summed E-state index contributed by atoms with van der Waals surface area (Å²) in [5, 5.41) is 13.6. The summed E-state index contributed by atoms with van der Waals surface area (Å²) >= 11 is 0. The lowest BCUT2D eigenvalue weighted by molar-refractivity contribution is -0.870. The van der Waals surface area contributed by atoms with Crippen molar-refractivity contribution in [1.29, 1.82) is 0 Å². The number of allylic oxidation sites excluding steroid dienone is 5. The molecule has 0 aliphatic carbocycles. The molecule has 0 aromatic rings. The van der Waals surface area contributed by atoms with E-state index >= 15 is 0 Å². The topological polar surface area (TPSA) is 105 Å². The molecule has 0 aromatic carbocycles. The lowest BCUT2D eigenvalue weighted by atomic mass is 10.1. The van der Waals surface area contributed by atoms with Gasteiger partial charge in [-0.25, -0.2) is 4.57 Å². The van der Waals surface area contributed by atoms with Crippen LogP contribution in [0.5, 0.6) is 0 Å². The highest BCUT2D eigenvalue weighted by Gasteiger charge is 2.27. The molecule has 1 amide bonds. The number of carbonyl (C=O) groups excluding carboxylic acids is 1. The molecule has 0 spiro atoms. The molecule has 0 aliphatic rings. The average Bonchev–Trinajstić information content (AvgIpc) is 2.99. The van der Waals surface area contributed by atoms with Crippen molar-refractivity contribution < 1.29 is 32.9 Å². The van der Waals surface area contributed by atoms with Gasteiger partial charge in [0.25, 0.3) is 0 Å².